The Morgan fingerprint density at radius 3 is 2.50 bits per heavy atom. The van der Waals surface area contributed by atoms with E-state index in [2.05, 4.69) is 10.3 Å². The zero-order valence-corrected chi connectivity index (χ0v) is 17.5. The number of benzene rings is 2. The number of carbonyl (C=O) groups excluding carboxylic acids is 1. The third kappa shape index (κ3) is 4.78. The largest absolute Gasteiger partial charge is 0.478 e. The van der Waals surface area contributed by atoms with Gasteiger partial charge in [0.15, 0.2) is 0 Å². The summed E-state index contributed by atoms with van der Waals surface area (Å²) < 4.78 is 5.85. The predicted octanol–water partition coefficient (Wildman–Crippen LogP) is 5.33. The molecule has 0 fully saturated rings. The fourth-order valence-electron chi connectivity index (χ4n) is 2.98. The van der Waals surface area contributed by atoms with Gasteiger partial charge in [-0.2, -0.15) is 0 Å². The van der Waals surface area contributed by atoms with Crippen LogP contribution in [0.2, 0.25) is 5.02 Å². The number of halogens is 1. The van der Waals surface area contributed by atoms with E-state index in [-0.39, 0.29) is 22.0 Å². The number of amides is 1. The van der Waals surface area contributed by atoms with Crippen molar-refractivity contribution in [3.63, 3.8) is 0 Å². The summed E-state index contributed by atoms with van der Waals surface area (Å²) in [5.74, 6) is -0.878. The Morgan fingerprint density at radius 1 is 1.07 bits per heavy atom. The average Bonchev–Trinajstić information content (AvgIpc) is 2.71. The van der Waals surface area contributed by atoms with Crippen molar-refractivity contribution in [2.75, 3.05) is 0 Å². The molecular formula is C23H21ClN2O4. The highest BCUT2D eigenvalue weighted by molar-refractivity contribution is 6.30. The normalized spacial score (nSPS) is 11.6. The molecule has 2 aromatic carbocycles. The van der Waals surface area contributed by atoms with Gasteiger partial charge in [-0.25, -0.2) is 9.78 Å². The second-order valence-electron chi connectivity index (χ2n) is 6.94. The molecule has 0 saturated heterocycles. The molecule has 1 amide bonds. The molecule has 0 aliphatic carbocycles. The van der Waals surface area contributed by atoms with E-state index in [0.29, 0.717) is 11.3 Å². The summed E-state index contributed by atoms with van der Waals surface area (Å²) in [4.78, 5) is 28.6. The fraction of sp³-hybridized carbons (Fsp3) is 0.174. The van der Waals surface area contributed by atoms with Gasteiger partial charge in [0, 0.05) is 6.20 Å². The van der Waals surface area contributed by atoms with Crippen LogP contribution in [0.15, 0.2) is 54.7 Å². The number of rotatable bonds is 6. The van der Waals surface area contributed by atoms with Gasteiger partial charge in [-0.15, -0.1) is 0 Å². The minimum absolute atomic E-state index is 0.110. The summed E-state index contributed by atoms with van der Waals surface area (Å²) in [5.41, 5.74) is 2.94. The van der Waals surface area contributed by atoms with Gasteiger partial charge in [0.2, 0.25) is 5.88 Å². The van der Waals surface area contributed by atoms with Gasteiger partial charge >= 0.3 is 5.97 Å². The van der Waals surface area contributed by atoms with Crippen molar-refractivity contribution in [3.05, 3.63) is 87.6 Å². The molecule has 6 nitrogen and oxygen atoms in total. The Morgan fingerprint density at radius 2 is 1.80 bits per heavy atom. The number of carboxylic acids is 1. The smallest absolute Gasteiger partial charge is 0.336 e. The highest BCUT2D eigenvalue weighted by Crippen LogP contribution is 2.28. The number of nitrogens with zero attached hydrogens (tertiary/aromatic N) is 1. The third-order valence-corrected chi connectivity index (χ3v) is 4.97. The number of aromatic nitrogens is 1. The molecule has 0 saturated carbocycles. The van der Waals surface area contributed by atoms with E-state index >= 15 is 0 Å². The Hall–Kier alpha value is -3.38. The molecule has 0 aliphatic heterocycles. The summed E-state index contributed by atoms with van der Waals surface area (Å²) in [5, 5.41) is 12.5. The lowest BCUT2D eigenvalue weighted by molar-refractivity contribution is 0.0693. The molecule has 0 spiro atoms. The van der Waals surface area contributed by atoms with E-state index in [4.69, 9.17) is 16.3 Å². The van der Waals surface area contributed by atoms with E-state index in [9.17, 15) is 14.7 Å². The van der Waals surface area contributed by atoms with Crippen molar-refractivity contribution in [1.29, 1.82) is 0 Å². The molecule has 30 heavy (non-hydrogen) atoms. The predicted molar refractivity (Wildman–Crippen MR) is 115 cm³/mol. The van der Waals surface area contributed by atoms with Gasteiger partial charge in [-0.1, -0.05) is 35.9 Å². The van der Waals surface area contributed by atoms with E-state index in [1.165, 1.54) is 18.3 Å². The fourth-order valence-corrected chi connectivity index (χ4v) is 3.14. The summed E-state index contributed by atoms with van der Waals surface area (Å²) in [6.07, 6.45) is 1.40. The maximum Gasteiger partial charge on any atom is 0.336 e. The number of carboxylic acid groups (broad SMARTS) is 1. The second-order valence-corrected chi connectivity index (χ2v) is 7.38. The maximum atomic E-state index is 13.0. The van der Waals surface area contributed by atoms with Crippen LogP contribution in [0.25, 0.3) is 0 Å². The molecule has 0 aliphatic rings. The number of carbonyl (C=O) groups is 2. The van der Waals surface area contributed by atoms with Crippen LogP contribution in [0.5, 0.6) is 11.6 Å². The highest BCUT2D eigenvalue weighted by atomic mass is 35.5. The summed E-state index contributed by atoms with van der Waals surface area (Å²) >= 11 is 6.05. The molecule has 0 radical (unpaired) electrons. The Bertz CT molecular complexity index is 1110. The molecule has 0 bridgehead atoms. The first-order chi connectivity index (χ1) is 14.3. The van der Waals surface area contributed by atoms with Gasteiger partial charge in [0.05, 0.1) is 16.6 Å². The van der Waals surface area contributed by atoms with Gasteiger partial charge in [-0.3, -0.25) is 4.79 Å². The van der Waals surface area contributed by atoms with Crippen molar-refractivity contribution in [3.8, 4) is 11.6 Å². The zero-order chi connectivity index (χ0) is 21.8. The van der Waals surface area contributed by atoms with Crippen LogP contribution in [0, 0.1) is 13.8 Å². The van der Waals surface area contributed by atoms with Gasteiger partial charge in [-0.05, 0) is 61.7 Å². The minimum atomic E-state index is -1.06. The topological polar surface area (TPSA) is 88.5 Å². The monoisotopic (exact) mass is 424 g/mol. The van der Waals surface area contributed by atoms with E-state index < -0.39 is 17.9 Å². The van der Waals surface area contributed by atoms with Crippen LogP contribution in [0.4, 0.5) is 0 Å². The molecule has 154 valence electrons. The third-order valence-electron chi connectivity index (χ3n) is 4.76. The summed E-state index contributed by atoms with van der Waals surface area (Å²) in [7, 11) is 0. The molecule has 0 unspecified atom stereocenters. The van der Waals surface area contributed by atoms with Crippen molar-refractivity contribution < 1.29 is 19.4 Å². The van der Waals surface area contributed by atoms with Crippen LogP contribution in [-0.2, 0) is 0 Å². The molecule has 3 rings (SSSR count). The Balaban J connectivity index is 1.88. The number of aryl methyl sites for hydroxylation is 2. The molecule has 3 aromatic rings. The van der Waals surface area contributed by atoms with E-state index in [0.717, 1.165) is 11.1 Å². The van der Waals surface area contributed by atoms with Crippen LogP contribution in [0.3, 0.4) is 0 Å². The Kier molecular flexibility index (Phi) is 6.37. The van der Waals surface area contributed by atoms with Crippen molar-refractivity contribution in [1.82, 2.24) is 10.3 Å². The lowest BCUT2D eigenvalue weighted by atomic mass is 10.0. The SMILES string of the molecule is Cc1ccc(Oc2ncc(Cl)cc2C(=O)N[C@@H](C)c2ccccc2C(=O)O)cc1C. The van der Waals surface area contributed by atoms with Crippen LogP contribution in [0.1, 0.15) is 50.4 Å². The van der Waals surface area contributed by atoms with Crippen LogP contribution in [-0.4, -0.2) is 22.0 Å². The zero-order valence-electron chi connectivity index (χ0n) is 16.8. The molecule has 1 aromatic heterocycles. The average molecular weight is 425 g/mol. The van der Waals surface area contributed by atoms with Crippen LogP contribution >= 0.6 is 11.6 Å². The van der Waals surface area contributed by atoms with Crippen molar-refractivity contribution in [2.45, 2.75) is 26.8 Å². The number of aromatic carboxylic acids is 1. The molecule has 2 N–H and O–H groups in total. The summed E-state index contributed by atoms with van der Waals surface area (Å²) in [6.45, 7) is 5.67. The maximum absolute atomic E-state index is 13.0. The quantitative estimate of drug-likeness (QED) is 0.558. The van der Waals surface area contributed by atoms with Gasteiger partial charge in [0.1, 0.15) is 11.3 Å². The van der Waals surface area contributed by atoms with Gasteiger partial charge < -0.3 is 15.2 Å². The molecule has 1 heterocycles. The number of nitrogens with one attached hydrogen (secondary N) is 1. The number of ether oxygens (including phenoxy) is 1. The first kappa shape index (κ1) is 21.3. The molecule has 1 atom stereocenters. The van der Waals surface area contributed by atoms with E-state index in [1.54, 1.807) is 31.2 Å². The van der Waals surface area contributed by atoms with E-state index in [1.807, 2.05) is 26.0 Å². The molecule has 7 heteroatoms. The van der Waals surface area contributed by atoms with Gasteiger partial charge in [0.25, 0.3) is 5.91 Å². The second kappa shape index (κ2) is 8.97. The minimum Gasteiger partial charge on any atom is -0.478 e. The first-order valence-electron chi connectivity index (χ1n) is 9.30. The highest BCUT2D eigenvalue weighted by Gasteiger charge is 2.21. The van der Waals surface area contributed by atoms with Crippen molar-refractivity contribution in [2.24, 2.45) is 0 Å². The lowest BCUT2D eigenvalue weighted by Gasteiger charge is -2.18. The standard InChI is InChI=1S/C23H21ClN2O4/c1-13-8-9-17(10-14(13)2)30-22-20(11-16(24)12-25-22)21(27)26-15(3)18-6-4-5-7-19(18)23(28)29/h4-12,15H,1-3H3,(H,26,27)(H,28,29)/t15-/m0/s1. The van der Waals surface area contributed by atoms with Crippen molar-refractivity contribution >= 4 is 23.5 Å². The number of hydrogen-bond donors (Lipinski definition) is 2. The lowest BCUT2D eigenvalue weighted by Crippen LogP contribution is -2.28. The Labute approximate surface area is 179 Å². The summed E-state index contributed by atoms with van der Waals surface area (Å²) in [6, 6.07) is 13.0. The van der Waals surface area contributed by atoms with Crippen LogP contribution < -0.4 is 10.1 Å². The number of hydrogen-bond acceptors (Lipinski definition) is 4. The first-order valence-corrected chi connectivity index (χ1v) is 9.67. The molecular weight excluding hydrogens is 404 g/mol. The number of pyridine rings is 1.